The average Bonchev–Trinajstić information content (AvgIpc) is 2.35. The summed E-state index contributed by atoms with van der Waals surface area (Å²) in [5.41, 5.74) is 0.916. The SMILES string of the molecule is CN1CC(=O)OB(C=Cc2ccc(Br)cc2)OC(=O)C1. The van der Waals surface area contributed by atoms with Gasteiger partial charge in [-0.2, -0.15) is 0 Å². The molecule has 0 atom stereocenters. The van der Waals surface area contributed by atoms with Crippen molar-refractivity contribution in [3.05, 3.63) is 40.3 Å². The van der Waals surface area contributed by atoms with Crippen molar-refractivity contribution in [2.24, 2.45) is 0 Å². The molecule has 1 aromatic rings. The van der Waals surface area contributed by atoms with Crippen molar-refractivity contribution >= 4 is 41.1 Å². The number of nitrogens with zero attached hydrogens (tertiary/aromatic N) is 1. The van der Waals surface area contributed by atoms with E-state index in [1.807, 2.05) is 24.3 Å². The summed E-state index contributed by atoms with van der Waals surface area (Å²) in [5, 5.41) is 0. The molecular formula is C13H13BBrNO4. The van der Waals surface area contributed by atoms with E-state index in [9.17, 15) is 9.59 Å². The van der Waals surface area contributed by atoms with Crippen LogP contribution in [0.2, 0.25) is 0 Å². The van der Waals surface area contributed by atoms with E-state index >= 15 is 0 Å². The maximum Gasteiger partial charge on any atom is 0.628 e. The van der Waals surface area contributed by atoms with Gasteiger partial charge in [-0.3, -0.25) is 14.5 Å². The van der Waals surface area contributed by atoms with Crippen molar-refractivity contribution in [2.75, 3.05) is 20.1 Å². The Balaban J connectivity index is 2.04. The highest BCUT2D eigenvalue weighted by Gasteiger charge is 2.29. The third kappa shape index (κ3) is 4.50. The van der Waals surface area contributed by atoms with Gasteiger partial charge in [-0.25, -0.2) is 0 Å². The van der Waals surface area contributed by atoms with Crippen LogP contribution in [-0.2, 0) is 18.9 Å². The first kappa shape index (κ1) is 14.8. The van der Waals surface area contributed by atoms with Crippen LogP contribution in [0.15, 0.2) is 34.7 Å². The highest BCUT2D eigenvalue weighted by molar-refractivity contribution is 9.10. The summed E-state index contributed by atoms with van der Waals surface area (Å²) in [6, 6.07) is 7.57. The maximum atomic E-state index is 11.5. The van der Waals surface area contributed by atoms with Crippen LogP contribution in [0.4, 0.5) is 0 Å². The largest absolute Gasteiger partial charge is 0.628 e. The van der Waals surface area contributed by atoms with Crippen LogP contribution < -0.4 is 0 Å². The van der Waals surface area contributed by atoms with Crippen molar-refractivity contribution in [1.82, 2.24) is 4.90 Å². The molecule has 0 radical (unpaired) electrons. The number of hydrogen-bond donors (Lipinski definition) is 0. The first-order chi connectivity index (χ1) is 9.52. The number of benzene rings is 1. The Morgan fingerprint density at radius 2 is 1.70 bits per heavy atom. The van der Waals surface area contributed by atoms with Crippen molar-refractivity contribution in [3.8, 4) is 0 Å². The molecule has 0 spiro atoms. The fraction of sp³-hybridized carbons (Fsp3) is 0.231. The van der Waals surface area contributed by atoms with Gasteiger partial charge in [0.1, 0.15) is 0 Å². The number of likely N-dealkylation sites (N-methyl/N-ethyl adjacent to an activating group) is 1. The Morgan fingerprint density at radius 1 is 1.15 bits per heavy atom. The highest BCUT2D eigenvalue weighted by Crippen LogP contribution is 2.12. The summed E-state index contributed by atoms with van der Waals surface area (Å²) in [4.78, 5) is 24.6. The number of halogens is 1. The van der Waals surface area contributed by atoms with E-state index in [1.54, 1.807) is 24.0 Å². The second kappa shape index (κ2) is 6.72. The van der Waals surface area contributed by atoms with Crippen LogP contribution in [0.3, 0.4) is 0 Å². The Labute approximate surface area is 125 Å². The highest BCUT2D eigenvalue weighted by atomic mass is 79.9. The van der Waals surface area contributed by atoms with E-state index in [1.165, 1.54) is 0 Å². The first-order valence-corrected chi connectivity index (χ1v) is 6.83. The Kier molecular flexibility index (Phi) is 4.97. The zero-order valence-electron chi connectivity index (χ0n) is 10.9. The molecule has 2 rings (SSSR count). The Morgan fingerprint density at radius 3 is 2.25 bits per heavy atom. The molecule has 0 N–H and O–H groups in total. The van der Waals surface area contributed by atoms with Gasteiger partial charge in [-0.15, -0.1) is 0 Å². The number of carbonyl (C=O) groups excluding carboxylic acids is 2. The van der Waals surface area contributed by atoms with Crippen LogP contribution in [0.25, 0.3) is 6.08 Å². The third-order valence-electron chi connectivity index (χ3n) is 2.61. The molecule has 1 aliphatic heterocycles. The molecule has 0 bridgehead atoms. The van der Waals surface area contributed by atoms with E-state index in [-0.39, 0.29) is 13.1 Å². The predicted molar refractivity (Wildman–Crippen MR) is 78.6 cm³/mol. The monoisotopic (exact) mass is 337 g/mol. The Hall–Kier alpha value is -1.60. The van der Waals surface area contributed by atoms with Crippen molar-refractivity contribution in [1.29, 1.82) is 0 Å². The van der Waals surface area contributed by atoms with Crippen molar-refractivity contribution < 1.29 is 18.9 Å². The minimum atomic E-state index is -0.979. The number of hydrogen-bond acceptors (Lipinski definition) is 5. The van der Waals surface area contributed by atoms with Gasteiger partial charge >= 0.3 is 19.1 Å². The molecule has 0 aromatic heterocycles. The maximum absolute atomic E-state index is 11.5. The van der Waals surface area contributed by atoms with Gasteiger partial charge in [0.2, 0.25) is 0 Å². The molecule has 0 unspecified atom stereocenters. The first-order valence-electron chi connectivity index (χ1n) is 6.04. The van der Waals surface area contributed by atoms with E-state index in [4.69, 9.17) is 9.31 Å². The molecule has 5 nitrogen and oxygen atoms in total. The zero-order valence-corrected chi connectivity index (χ0v) is 12.5. The van der Waals surface area contributed by atoms with E-state index in [0.29, 0.717) is 0 Å². The minimum Gasteiger partial charge on any atom is -0.495 e. The molecular weight excluding hydrogens is 325 g/mol. The summed E-state index contributed by atoms with van der Waals surface area (Å²) >= 11 is 3.35. The molecule has 1 heterocycles. The number of carbonyl (C=O) groups is 2. The fourth-order valence-electron chi connectivity index (χ4n) is 1.70. The summed E-state index contributed by atoms with van der Waals surface area (Å²) in [6.07, 6.45) is 1.74. The molecule has 0 saturated carbocycles. The molecule has 104 valence electrons. The van der Waals surface area contributed by atoms with Gasteiger partial charge in [-0.1, -0.05) is 34.1 Å². The van der Waals surface area contributed by atoms with Crippen molar-refractivity contribution in [3.63, 3.8) is 0 Å². The summed E-state index contributed by atoms with van der Waals surface area (Å²) < 4.78 is 11.1. The average molecular weight is 338 g/mol. The van der Waals surface area contributed by atoms with E-state index < -0.39 is 19.1 Å². The predicted octanol–water partition coefficient (Wildman–Crippen LogP) is 1.52. The van der Waals surface area contributed by atoms with E-state index in [2.05, 4.69) is 15.9 Å². The van der Waals surface area contributed by atoms with Crippen molar-refractivity contribution in [2.45, 2.75) is 0 Å². The lowest BCUT2D eigenvalue weighted by molar-refractivity contribution is -0.145. The summed E-state index contributed by atoms with van der Waals surface area (Å²) in [6.45, 7) is 0.134. The second-order valence-electron chi connectivity index (χ2n) is 4.43. The summed E-state index contributed by atoms with van der Waals surface area (Å²) in [5.74, 6) is 0.695. The summed E-state index contributed by atoms with van der Waals surface area (Å²) in [7, 11) is 0.674. The normalized spacial score (nSPS) is 17.6. The lowest BCUT2D eigenvalue weighted by Gasteiger charge is -2.21. The lowest BCUT2D eigenvalue weighted by atomic mass is 9.88. The minimum absolute atomic E-state index is 0.0672. The smallest absolute Gasteiger partial charge is 0.495 e. The Bertz CT molecular complexity index is 512. The molecule has 7 heteroatoms. The zero-order chi connectivity index (χ0) is 14.5. The van der Waals surface area contributed by atoms with Gasteiger partial charge < -0.3 is 9.31 Å². The second-order valence-corrected chi connectivity index (χ2v) is 5.35. The standard InChI is InChI=1S/C13H13BBrNO4/c1-16-8-12(17)19-14(20-13(18)9-16)7-6-10-2-4-11(15)5-3-10/h2-7H,8-9H2,1H3. The topological polar surface area (TPSA) is 55.8 Å². The fourth-order valence-corrected chi connectivity index (χ4v) is 1.96. The van der Waals surface area contributed by atoms with Crippen LogP contribution in [-0.4, -0.2) is 44.1 Å². The molecule has 0 aliphatic carbocycles. The van der Waals surface area contributed by atoms with Crippen LogP contribution in [0.1, 0.15) is 5.56 Å². The van der Waals surface area contributed by atoms with Gasteiger partial charge in [0.15, 0.2) is 0 Å². The molecule has 20 heavy (non-hydrogen) atoms. The third-order valence-corrected chi connectivity index (χ3v) is 3.14. The molecule has 1 aromatic carbocycles. The molecule has 1 saturated heterocycles. The van der Waals surface area contributed by atoms with E-state index in [0.717, 1.165) is 10.0 Å². The van der Waals surface area contributed by atoms with Gasteiger partial charge in [-0.05, 0) is 30.7 Å². The van der Waals surface area contributed by atoms with Gasteiger partial charge in [0.05, 0.1) is 13.1 Å². The number of rotatable bonds is 2. The molecule has 1 fully saturated rings. The van der Waals surface area contributed by atoms with Gasteiger partial charge in [0, 0.05) is 4.47 Å². The van der Waals surface area contributed by atoms with Gasteiger partial charge in [0.25, 0.3) is 0 Å². The van der Waals surface area contributed by atoms with Crippen LogP contribution in [0.5, 0.6) is 0 Å². The molecule has 0 amide bonds. The van der Waals surface area contributed by atoms with Crippen LogP contribution in [0, 0.1) is 0 Å². The lowest BCUT2D eigenvalue weighted by Crippen LogP contribution is -2.41. The van der Waals surface area contributed by atoms with Crippen LogP contribution >= 0.6 is 15.9 Å². The quantitative estimate of drug-likeness (QED) is 0.766. The molecule has 1 aliphatic rings.